The number of hydrogen-bond acceptors (Lipinski definition) is 4. The number of carboxylic acids is 1. The van der Waals surface area contributed by atoms with Crippen LogP contribution in [0.5, 0.6) is 0 Å². The molecule has 130 valence electrons. The summed E-state index contributed by atoms with van der Waals surface area (Å²) in [5, 5.41) is 20.4. The summed E-state index contributed by atoms with van der Waals surface area (Å²) in [6.45, 7) is 0.0118. The number of carboxylic acid groups (broad SMARTS) is 1. The molecule has 25 heavy (non-hydrogen) atoms. The van der Waals surface area contributed by atoms with Crippen molar-refractivity contribution in [2.75, 3.05) is 13.2 Å². The molecule has 0 aromatic heterocycles. The number of alkyl carbamates (subject to hydrolysis) is 1. The number of benzene rings is 2. The zero-order valence-corrected chi connectivity index (χ0v) is 13.5. The maximum atomic E-state index is 11.8. The van der Waals surface area contributed by atoms with Gasteiger partial charge in [0.1, 0.15) is 6.61 Å². The molecule has 1 aliphatic carbocycles. The number of aliphatic hydroxyl groups excluding tert-OH is 1. The molecule has 6 heteroatoms. The Morgan fingerprint density at radius 2 is 1.60 bits per heavy atom. The molecule has 0 saturated heterocycles. The lowest BCUT2D eigenvalue weighted by Crippen LogP contribution is -2.34. The van der Waals surface area contributed by atoms with Crippen LogP contribution in [0.3, 0.4) is 0 Å². The topological polar surface area (TPSA) is 95.9 Å². The van der Waals surface area contributed by atoms with Crippen LogP contribution in [0.25, 0.3) is 11.1 Å². The Labute approximate surface area is 145 Å². The first kappa shape index (κ1) is 17.0. The second-order valence-corrected chi connectivity index (χ2v) is 5.96. The minimum Gasteiger partial charge on any atom is -0.481 e. The quantitative estimate of drug-likeness (QED) is 0.750. The average Bonchev–Trinajstić information content (AvgIpc) is 2.92. The maximum Gasteiger partial charge on any atom is 0.407 e. The Bertz CT molecular complexity index is 743. The summed E-state index contributed by atoms with van der Waals surface area (Å²) >= 11 is 0. The molecule has 1 amide bonds. The zero-order valence-electron chi connectivity index (χ0n) is 13.5. The van der Waals surface area contributed by atoms with E-state index < -0.39 is 24.6 Å². The normalized spacial score (nSPS) is 13.6. The average molecular weight is 341 g/mol. The summed E-state index contributed by atoms with van der Waals surface area (Å²) in [6, 6.07) is 16.0. The number of aliphatic hydroxyl groups is 1. The number of carbonyl (C=O) groups excluding carboxylic acids is 1. The fourth-order valence-electron chi connectivity index (χ4n) is 3.12. The van der Waals surface area contributed by atoms with Gasteiger partial charge in [0.05, 0.1) is 12.5 Å². The van der Waals surface area contributed by atoms with Gasteiger partial charge in [-0.1, -0.05) is 48.5 Å². The van der Waals surface area contributed by atoms with Crippen LogP contribution in [0.15, 0.2) is 48.5 Å². The maximum absolute atomic E-state index is 11.8. The Balaban J connectivity index is 1.62. The summed E-state index contributed by atoms with van der Waals surface area (Å²) in [6.07, 6.45) is -2.24. The highest BCUT2D eigenvalue weighted by Crippen LogP contribution is 2.44. The minimum atomic E-state index is -1.14. The Kier molecular flexibility index (Phi) is 5.00. The van der Waals surface area contributed by atoms with E-state index in [1.165, 1.54) is 0 Å². The molecule has 6 nitrogen and oxygen atoms in total. The van der Waals surface area contributed by atoms with Gasteiger partial charge in [-0.25, -0.2) is 4.79 Å². The lowest BCUT2D eigenvalue weighted by molar-refractivity contribution is -0.139. The van der Waals surface area contributed by atoms with Gasteiger partial charge in [0.15, 0.2) is 0 Å². The number of fused-ring (bicyclic) bond motifs is 3. The van der Waals surface area contributed by atoms with Gasteiger partial charge in [0.25, 0.3) is 0 Å². The predicted molar refractivity (Wildman–Crippen MR) is 91.3 cm³/mol. The molecule has 0 unspecified atom stereocenters. The Morgan fingerprint density at radius 1 is 1.04 bits per heavy atom. The second-order valence-electron chi connectivity index (χ2n) is 5.96. The van der Waals surface area contributed by atoms with Crippen molar-refractivity contribution in [1.29, 1.82) is 0 Å². The van der Waals surface area contributed by atoms with Gasteiger partial charge in [-0.3, -0.25) is 4.79 Å². The lowest BCUT2D eigenvalue weighted by atomic mass is 9.98. The van der Waals surface area contributed by atoms with Gasteiger partial charge < -0.3 is 20.3 Å². The third kappa shape index (κ3) is 3.80. The van der Waals surface area contributed by atoms with Gasteiger partial charge in [-0.05, 0) is 22.3 Å². The molecular formula is C19H19NO5. The fourth-order valence-corrected chi connectivity index (χ4v) is 3.12. The van der Waals surface area contributed by atoms with Crippen LogP contribution in [-0.2, 0) is 9.53 Å². The zero-order chi connectivity index (χ0) is 17.8. The molecule has 0 bridgehead atoms. The third-order valence-electron chi connectivity index (χ3n) is 4.24. The van der Waals surface area contributed by atoms with Crippen LogP contribution in [0, 0.1) is 0 Å². The first-order valence-electron chi connectivity index (χ1n) is 8.05. The van der Waals surface area contributed by atoms with Crippen molar-refractivity contribution in [1.82, 2.24) is 5.32 Å². The number of nitrogens with one attached hydrogen (secondary N) is 1. The summed E-state index contributed by atoms with van der Waals surface area (Å²) in [5.74, 6) is -1.16. The molecule has 2 aromatic carbocycles. The van der Waals surface area contributed by atoms with Crippen molar-refractivity contribution in [2.45, 2.75) is 18.4 Å². The molecule has 0 saturated carbocycles. The first-order valence-corrected chi connectivity index (χ1v) is 8.05. The SMILES string of the molecule is O=C(O)C[C@@H](O)CNC(=O)OCC1c2ccccc2-c2ccccc21. The molecular weight excluding hydrogens is 322 g/mol. The molecule has 3 rings (SSSR count). The third-order valence-corrected chi connectivity index (χ3v) is 4.24. The summed E-state index contributed by atoms with van der Waals surface area (Å²) in [4.78, 5) is 22.3. The van der Waals surface area contributed by atoms with Crippen LogP contribution in [0.2, 0.25) is 0 Å². The molecule has 0 aliphatic heterocycles. The molecule has 0 heterocycles. The molecule has 2 aromatic rings. The number of aliphatic carboxylic acids is 1. The van der Waals surface area contributed by atoms with Crippen LogP contribution in [0.4, 0.5) is 4.79 Å². The monoisotopic (exact) mass is 341 g/mol. The van der Waals surface area contributed by atoms with Crippen molar-refractivity contribution in [3.05, 3.63) is 59.7 Å². The first-order chi connectivity index (χ1) is 12.1. The van der Waals surface area contributed by atoms with Crippen LogP contribution >= 0.6 is 0 Å². The number of ether oxygens (including phenoxy) is 1. The van der Waals surface area contributed by atoms with Gasteiger partial charge in [0.2, 0.25) is 0 Å². The molecule has 3 N–H and O–H groups in total. The highest BCUT2D eigenvalue weighted by Gasteiger charge is 2.29. The van der Waals surface area contributed by atoms with E-state index in [-0.39, 0.29) is 19.1 Å². The smallest absolute Gasteiger partial charge is 0.407 e. The van der Waals surface area contributed by atoms with Gasteiger partial charge >= 0.3 is 12.1 Å². The number of carbonyl (C=O) groups is 2. The number of amides is 1. The van der Waals surface area contributed by atoms with Gasteiger partial charge in [0, 0.05) is 12.5 Å². The van der Waals surface area contributed by atoms with Crippen molar-refractivity contribution >= 4 is 12.1 Å². The van der Waals surface area contributed by atoms with Crippen LogP contribution in [0.1, 0.15) is 23.5 Å². The van der Waals surface area contributed by atoms with E-state index in [0.29, 0.717) is 0 Å². The van der Waals surface area contributed by atoms with E-state index in [2.05, 4.69) is 17.4 Å². The van der Waals surface area contributed by atoms with E-state index in [0.717, 1.165) is 22.3 Å². The standard InChI is InChI=1S/C19H19NO5/c21-12(9-18(22)23)10-20-19(24)25-11-17-15-7-3-1-5-13(15)14-6-2-4-8-16(14)17/h1-8,12,17,21H,9-11H2,(H,20,24)(H,22,23)/t12-/m1/s1. The largest absolute Gasteiger partial charge is 0.481 e. The van der Waals surface area contributed by atoms with Crippen molar-refractivity contribution < 1.29 is 24.5 Å². The molecule has 0 spiro atoms. The van der Waals surface area contributed by atoms with E-state index in [9.17, 15) is 14.7 Å². The fraction of sp³-hybridized carbons (Fsp3) is 0.263. The van der Waals surface area contributed by atoms with Crippen molar-refractivity contribution in [3.63, 3.8) is 0 Å². The second kappa shape index (κ2) is 7.36. The Morgan fingerprint density at radius 3 is 2.16 bits per heavy atom. The molecule has 1 atom stereocenters. The molecule has 0 radical (unpaired) electrons. The van der Waals surface area contributed by atoms with Crippen molar-refractivity contribution in [3.8, 4) is 11.1 Å². The highest BCUT2D eigenvalue weighted by molar-refractivity contribution is 5.79. The van der Waals surface area contributed by atoms with E-state index in [1.54, 1.807) is 0 Å². The molecule has 1 aliphatic rings. The van der Waals surface area contributed by atoms with Crippen molar-refractivity contribution in [2.24, 2.45) is 0 Å². The van der Waals surface area contributed by atoms with Crippen LogP contribution < -0.4 is 5.32 Å². The summed E-state index contributed by atoms with van der Waals surface area (Å²) < 4.78 is 5.29. The van der Waals surface area contributed by atoms with Gasteiger partial charge in [-0.15, -0.1) is 0 Å². The summed E-state index contributed by atoms with van der Waals surface area (Å²) in [5.41, 5.74) is 4.51. The highest BCUT2D eigenvalue weighted by atomic mass is 16.5. The number of hydrogen-bond donors (Lipinski definition) is 3. The summed E-state index contributed by atoms with van der Waals surface area (Å²) in [7, 11) is 0. The van der Waals surface area contributed by atoms with Gasteiger partial charge in [-0.2, -0.15) is 0 Å². The lowest BCUT2D eigenvalue weighted by Gasteiger charge is -2.15. The predicted octanol–water partition coefficient (Wildman–Crippen LogP) is 2.36. The van der Waals surface area contributed by atoms with E-state index in [1.807, 2.05) is 36.4 Å². The molecule has 0 fully saturated rings. The van der Waals surface area contributed by atoms with E-state index >= 15 is 0 Å². The van der Waals surface area contributed by atoms with Crippen LogP contribution in [-0.4, -0.2) is 41.5 Å². The van der Waals surface area contributed by atoms with E-state index in [4.69, 9.17) is 9.84 Å². The Hall–Kier alpha value is -2.86. The minimum absolute atomic E-state index is 0.0397. The number of rotatable bonds is 6.